The van der Waals surface area contributed by atoms with Gasteiger partial charge in [-0.1, -0.05) is 72.6 Å². The highest BCUT2D eigenvalue weighted by atomic mass is 35.5. The molecule has 10 heteroatoms. The normalized spacial score (nSPS) is 16.7. The van der Waals surface area contributed by atoms with Gasteiger partial charge in [-0.15, -0.1) is 0 Å². The molecule has 0 radical (unpaired) electrons. The second-order valence-corrected chi connectivity index (χ2v) is 10.0. The third-order valence-corrected chi connectivity index (χ3v) is 7.27. The van der Waals surface area contributed by atoms with Crippen molar-refractivity contribution in [3.8, 4) is 17.0 Å². The van der Waals surface area contributed by atoms with Crippen LogP contribution in [0.25, 0.3) is 11.3 Å². The number of nitrogens with zero attached hydrogens (tertiary/aromatic N) is 2. The summed E-state index contributed by atoms with van der Waals surface area (Å²) in [5.74, 6) is 0.332. The first kappa shape index (κ1) is 26.7. The van der Waals surface area contributed by atoms with Crippen LogP contribution in [0.3, 0.4) is 0 Å². The summed E-state index contributed by atoms with van der Waals surface area (Å²) in [5, 5.41) is 12.8. The zero-order valence-corrected chi connectivity index (χ0v) is 22.5. The molecule has 0 saturated carbocycles. The SMILES string of the molecule is C[C@@H](c1ccccc1)C(c1ncc(-c2ccc(Cl)cc2Cl)[nH]1)N1C(=O)N[C@H](c2ccc(OCCO)cc2)C1=O. The number of aliphatic hydroxyl groups excluding tert-OH is 1. The van der Waals surface area contributed by atoms with Gasteiger partial charge in [-0.3, -0.25) is 9.69 Å². The Labute approximate surface area is 235 Å². The summed E-state index contributed by atoms with van der Waals surface area (Å²) in [6.07, 6.45) is 1.64. The Balaban J connectivity index is 1.50. The number of halogens is 2. The monoisotopic (exact) mass is 564 g/mol. The molecule has 39 heavy (non-hydrogen) atoms. The summed E-state index contributed by atoms with van der Waals surface area (Å²) >= 11 is 12.5. The molecule has 1 unspecified atom stereocenters. The molecule has 3 atom stereocenters. The Kier molecular flexibility index (Phi) is 7.88. The van der Waals surface area contributed by atoms with Gasteiger partial charge in [0.05, 0.1) is 23.5 Å². The maximum absolute atomic E-state index is 13.8. The minimum absolute atomic E-state index is 0.104. The largest absolute Gasteiger partial charge is 0.491 e. The number of rotatable bonds is 9. The molecule has 3 amide bonds. The third-order valence-electron chi connectivity index (χ3n) is 6.72. The molecule has 0 bridgehead atoms. The maximum atomic E-state index is 13.8. The molecule has 3 aromatic carbocycles. The van der Waals surface area contributed by atoms with E-state index in [0.29, 0.717) is 38.4 Å². The molecule has 1 aromatic heterocycles. The number of carbonyl (C=O) groups excluding carboxylic acids is 2. The molecular weight excluding hydrogens is 539 g/mol. The van der Waals surface area contributed by atoms with Crippen LogP contribution in [0.15, 0.2) is 79.0 Å². The molecule has 5 rings (SSSR count). The number of ether oxygens (including phenoxy) is 1. The Morgan fingerprint density at radius 3 is 2.49 bits per heavy atom. The van der Waals surface area contributed by atoms with Gasteiger partial charge in [-0.2, -0.15) is 0 Å². The van der Waals surface area contributed by atoms with E-state index in [-0.39, 0.29) is 25.0 Å². The number of aromatic nitrogens is 2. The van der Waals surface area contributed by atoms with Crippen LogP contribution >= 0.6 is 23.2 Å². The van der Waals surface area contributed by atoms with Gasteiger partial charge < -0.3 is 20.1 Å². The molecule has 2 heterocycles. The minimum Gasteiger partial charge on any atom is -0.491 e. The summed E-state index contributed by atoms with van der Waals surface area (Å²) < 4.78 is 5.41. The number of aromatic amines is 1. The molecule has 1 fully saturated rings. The fourth-order valence-electron chi connectivity index (χ4n) is 4.76. The van der Waals surface area contributed by atoms with Gasteiger partial charge in [-0.25, -0.2) is 9.78 Å². The molecule has 4 aromatic rings. The number of H-pyrrole nitrogens is 1. The third kappa shape index (κ3) is 5.49. The van der Waals surface area contributed by atoms with E-state index < -0.39 is 18.1 Å². The van der Waals surface area contributed by atoms with Crippen molar-refractivity contribution in [2.24, 2.45) is 0 Å². The van der Waals surface area contributed by atoms with Crippen molar-refractivity contribution in [2.75, 3.05) is 13.2 Å². The van der Waals surface area contributed by atoms with E-state index in [4.69, 9.17) is 33.0 Å². The highest BCUT2D eigenvalue weighted by molar-refractivity contribution is 6.36. The molecular formula is C29H26Cl2N4O4. The summed E-state index contributed by atoms with van der Waals surface area (Å²) in [6, 6.07) is 19.6. The molecule has 200 valence electrons. The fraction of sp³-hybridized carbons (Fsp3) is 0.207. The van der Waals surface area contributed by atoms with Crippen LogP contribution in [0, 0.1) is 0 Å². The van der Waals surface area contributed by atoms with Gasteiger partial charge in [0.25, 0.3) is 5.91 Å². The van der Waals surface area contributed by atoms with E-state index in [9.17, 15) is 9.59 Å². The van der Waals surface area contributed by atoms with Crippen LogP contribution in [-0.4, -0.2) is 45.1 Å². The first-order valence-corrected chi connectivity index (χ1v) is 13.2. The molecule has 3 N–H and O–H groups in total. The Hall–Kier alpha value is -3.85. The lowest BCUT2D eigenvalue weighted by atomic mass is 9.91. The van der Waals surface area contributed by atoms with Crippen molar-refractivity contribution >= 4 is 35.1 Å². The van der Waals surface area contributed by atoms with Crippen molar-refractivity contribution in [1.82, 2.24) is 20.2 Å². The second-order valence-electron chi connectivity index (χ2n) is 9.18. The summed E-state index contributed by atoms with van der Waals surface area (Å²) in [4.78, 5) is 36.3. The standard InChI is InChI=1S/C29H26Cl2N4O4/c1-17(18-5-3-2-4-6-18)26(27-32-16-24(33-27)22-12-9-20(30)15-23(22)31)35-28(37)25(34-29(35)38)19-7-10-21(11-8-19)39-14-13-36/h2-12,15-17,25-26,36H,13-14H2,1H3,(H,32,33)(H,34,38)/t17-,25+,26?/m0/s1. The Bertz CT molecular complexity index is 1480. The fourth-order valence-corrected chi connectivity index (χ4v) is 5.27. The number of benzene rings is 3. The second kappa shape index (κ2) is 11.5. The van der Waals surface area contributed by atoms with Crippen molar-refractivity contribution in [3.05, 3.63) is 106 Å². The van der Waals surface area contributed by atoms with Gasteiger partial charge in [0.15, 0.2) is 0 Å². The summed E-state index contributed by atoms with van der Waals surface area (Å²) in [5.41, 5.74) is 2.90. The van der Waals surface area contributed by atoms with Crippen LogP contribution in [0.4, 0.5) is 4.79 Å². The van der Waals surface area contributed by atoms with Crippen molar-refractivity contribution in [1.29, 1.82) is 0 Å². The number of imidazole rings is 1. The number of hydrogen-bond acceptors (Lipinski definition) is 5. The van der Waals surface area contributed by atoms with Crippen molar-refractivity contribution in [2.45, 2.75) is 24.9 Å². The number of carbonyl (C=O) groups is 2. The maximum Gasteiger partial charge on any atom is 0.325 e. The average molecular weight is 565 g/mol. The lowest BCUT2D eigenvalue weighted by Crippen LogP contribution is -2.38. The van der Waals surface area contributed by atoms with Crippen LogP contribution < -0.4 is 10.1 Å². The van der Waals surface area contributed by atoms with E-state index in [1.54, 1.807) is 48.7 Å². The smallest absolute Gasteiger partial charge is 0.325 e. The van der Waals surface area contributed by atoms with Gasteiger partial charge in [0.1, 0.15) is 30.3 Å². The Morgan fingerprint density at radius 1 is 1.05 bits per heavy atom. The number of aliphatic hydroxyl groups is 1. The average Bonchev–Trinajstić information content (AvgIpc) is 3.53. The highest BCUT2D eigenvalue weighted by Gasteiger charge is 2.46. The number of amides is 3. The first-order chi connectivity index (χ1) is 18.9. The zero-order chi connectivity index (χ0) is 27.5. The van der Waals surface area contributed by atoms with E-state index in [1.165, 1.54) is 4.90 Å². The number of hydrogen-bond donors (Lipinski definition) is 3. The topological polar surface area (TPSA) is 108 Å². The lowest BCUT2D eigenvalue weighted by Gasteiger charge is -2.29. The zero-order valence-electron chi connectivity index (χ0n) is 21.0. The van der Waals surface area contributed by atoms with E-state index >= 15 is 0 Å². The number of imide groups is 1. The van der Waals surface area contributed by atoms with E-state index in [0.717, 1.165) is 5.56 Å². The van der Waals surface area contributed by atoms with Crippen molar-refractivity contribution < 1.29 is 19.4 Å². The van der Waals surface area contributed by atoms with Crippen LogP contribution in [0.2, 0.25) is 10.0 Å². The van der Waals surface area contributed by atoms with Crippen LogP contribution in [0.5, 0.6) is 5.75 Å². The van der Waals surface area contributed by atoms with Crippen molar-refractivity contribution in [3.63, 3.8) is 0 Å². The highest BCUT2D eigenvalue weighted by Crippen LogP contribution is 2.40. The molecule has 8 nitrogen and oxygen atoms in total. The van der Waals surface area contributed by atoms with Crippen LogP contribution in [0.1, 0.15) is 41.9 Å². The predicted molar refractivity (Wildman–Crippen MR) is 149 cm³/mol. The van der Waals surface area contributed by atoms with Gasteiger partial charge in [-0.05, 0) is 41.5 Å². The molecule has 1 aliphatic heterocycles. The molecule has 1 aliphatic rings. The quantitative estimate of drug-likeness (QED) is 0.219. The first-order valence-electron chi connectivity index (χ1n) is 12.4. The molecule has 0 aliphatic carbocycles. The van der Waals surface area contributed by atoms with Gasteiger partial charge in [0.2, 0.25) is 0 Å². The number of nitrogens with one attached hydrogen (secondary N) is 2. The van der Waals surface area contributed by atoms with Crippen LogP contribution in [-0.2, 0) is 4.79 Å². The van der Waals surface area contributed by atoms with Gasteiger partial charge in [0, 0.05) is 16.5 Å². The minimum atomic E-state index is -0.866. The summed E-state index contributed by atoms with van der Waals surface area (Å²) in [6.45, 7) is 2.02. The Morgan fingerprint density at radius 2 is 1.79 bits per heavy atom. The van der Waals surface area contributed by atoms with Gasteiger partial charge >= 0.3 is 6.03 Å². The summed E-state index contributed by atoms with van der Waals surface area (Å²) in [7, 11) is 0. The molecule has 1 saturated heterocycles. The van der Waals surface area contributed by atoms with E-state index in [2.05, 4.69) is 15.3 Å². The lowest BCUT2D eigenvalue weighted by molar-refractivity contribution is -0.129. The predicted octanol–water partition coefficient (Wildman–Crippen LogP) is 5.89. The number of urea groups is 1. The molecule has 0 spiro atoms. The van der Waals surface area contributed by atoms with E-state index in [1.807, 2.05) is 37.3 Å².